The molecule has 220 valence electrons. The maximum absolute atomic E-state index is 14.1. The van der Waals surface area contributed by atoms with Gasteiger partial charge in [0.25, 0.3) is 0 Å². The van der Waals surface area contributed by atoms with Crippen molar-refractivity contribution < 1.29 is 27.5 Å². The minimum atomic E-state index is -3.96. The molecule has 0 aliphatic carbocycles. The maximum atomic E-state index is 14.1. The molecule has 1 atom stereocenters. The maximum Gasteiger partial charge on any atom is 0.244 e. The van der Waals surface area contributed by atoms with Gasteiger partial charge in [0.2, 0.25) is 21.8 Å². The summed E-state index contributed by atoms with van der Waals surface area (Å²) in [5.74, 6) is -0.260. The fraction of sp³-hybridized carbons (Fsp3) is 0.333. The number of halogens is 1. The molecule has 41 heavy (non-hydrogen) atoms. The molecule has 2 amide bonds. The molecule has 11 heteroatoms. The monoisotopic (exact) mass is 601 g/mol. The number of anilines is 1. The van der Waals surface area contributed by atoms with Crippen LogP contribution in [-0.2, 0) is 32.6 Å². The molecule has 0 fully saturated rings. The number of carbonyl (C=O) groups excluding carboxylic acids is 2. The van der Waals surface area contributed by atoms with Crippen molar-refractivity contribution in [2.75, 3.05) is 31.3 Å². The molecule has 0 aromatic heterocycles. The van der Waals surface area contributed by atoms with Crippen LogP contribution < -0.4 is 19.1 Å². The van der Waals surface area contributed by atoms with E-state index in [0.29, 0.717) is 16.3 Å². The Morgan fingerprint density at radius 2 is 1.61 bits per heavy atom. The molecule has 0 bridgehead atoms. The van der Waals surface area contributed by atoms with Gasteiger partial charge in [-0.25, -0.2) is 8.42 Å². The van der Waals surface area contributed by atoms with Gasteiger partial charge in [0, 0.05) is 30.1 Å². The lowest BCUT2D eigenvalue weighted by Gasteiger charge is -2.34. The van der Waals surface area contributed by atoms with E-state index in [1.165, 1.54) is 31.3 Å². The van der Waals surface area contributed by atoms with E-state index in [9.17, 15) is 18.0 Å². The molecule has 3 rings (SSSR count). The van der Waals surface area contributed by atoms with Crippen molar-refractivity contribution in [1.82, 2.24) is 10.2 Å². The van der Waals surface area contributed by atoms with Gasteiger partial charge in [-0.3, -0.25) is 13.9 Å². The summed E-state index contributed by atoms with van der Waals surface area (Å²) < 4.78 is 37.7. The number of rotatable bonds is 13. The Morgan fingerprint density at radius 3 is 2.20 bits per heavy atom. The molecule has 3 aromatic rings. The molecule has 0 unspecified atom stereocenters. The molecule has 1 N–H and O–H groups in total. The Hall–Kier alpha value is -3.76. The van der Waals surface area contributed by atoms with Crippen LogP contribution in [0.4, 0.5) is 5.69 Å². The highest BCUT2D eigenvalue weighted by atomic mass is 35.5. The molecule has 0 spiro atoms. The van der Waals surface area contributed by atoms with Gasteiger partial charge >= 0.3 is 0 Å². The van der Waals surface area contributed by atoms with E-state index in [1.54, 1.807) is 30.3 Å². The first-order valence-electron chi connectivity index (χ1n) is 13.0. The van der Waals surface area contributed by atoms with E-state index < -0.39 is 28.5 Å². The first-order valence-corrected chi connectivity index (χ1v) is 15.2. The third-order valence-corrected chi connectivity index (χ3v) is 7.64. The van der Waals surface area contributed by atoms with Crippen molar-refractivity contribution in [3.8, 4) is 11.5 Å². The number of carbonyl (C=O) groups is 2. The number of hydrogen-bond donors (Lipinski definition) is 1. The summed E-state index contributed by atoms with van der Waals surface area (Å²) in [4.78, 5) is 29.1. The normalized spacial score (nSPS) is 12.0. The van der Waals surface area contributed by atoms with Crippen molar-refractivity contribution in [1.29, 1.82) is 0 Å². The number of ether oxygens (including phenoxy) is 2. The van der Waals surface area contributed by atoms with Crippen LogP contribution in [0.25, 0.3) is 0 Å². The van der Waals surface area contributed by atoms with Crippen LogP contribution in [0, 0.1) is 0 Å². The highest BCUT2D eigenvalue weighted by molar-refractivity contribution is 7.92. The van der Waals surface area contributed by atoms with E-state index in [-0.39, 0.29) is 36.4 Å². The number of sulfonamides is 1. The average Bonchev–Trinajstić information content (AvgIpc) is 2.92. The predicted molar refractivity (Wildman–Crippen MR) is 161 cm³/mol. The molecule has 0 aliphatic heterocycles. The molecule has 3 aromatic carbocycles. The van der Waals surface area contributed by atoms with Crippen LogP contribution in [0.15, 0.2) is 72.8 Å². The van der Waals surface area contributed by atoms with E-state index in [4.69, 9.17) is 21.1 Å². The van der Waals surface area contributed by atoms with E-state index in [0.717, 1.165) is 16.1 Å². The number of amides is 2. The Balaban J connectivity index is 2.09. The van der Waals surface area contributed by atoms with E-state index in [2.05, 4.69) is 5.32 Å². The van der Waals surface area contributed by atoms with Crippen LogP contribution in [0.1, 0.15) is 25.0 Å². The fourth-order valence-electron chi connectivity index (χ4n) is 4.35. The van der Waals surface area contributed by atoms with Crippen molar-refractivity contribution in [3.63, 3.8) is 0 Å². The minimum Gasteiger partial charge on any atom is -0.497 e. The number of nitrogens with zero attached hydrogens (tertiary/aromatic N) is 2. The van der Waals surface area contributed by atoms with Gasteiger partial charge < -0.3 is 19.7 Å². The summed E-state index contributed by atoms with van der Waals surface area (Å²) in [5.41, 5.74) is 1.70. The second-order valence-electron chi connectivity index (χ2n) is 9.83. The average molecular weight is 602 g/mol. The smallest absolute Gasteiger partial charge is 0.244 e. The highest BCUT2D eigenvalue weighted by Crippen LogP contribution is 2.34. The predicted octanol–water partition coefficient (Wildman–Crippen LogP) is 4.29. The lowest BCUT2D eigenvalue weighted by Crippen LogP contribution is -2.54. The molecule has 0 heterocycles. The van der Waals surface area contributed by atoms with Gasteiger partial charge in [0.15, 0.2) is 0 Å². The fourth-order valence-corrected chi connectivity index (χ4v) is 5.42. The summed E-state index contributed by atoms with van der Waals surface area (Å²) in [7, 11) is -1.08. The Labute approximate surface area is 247 Å². The quantitative estimate of drug-likeness (QED) is 0.313. The first kappa shape index (κ1) is 31.8. The summed E-state index contributed by atoms with van der Waals surface area (Å²) >= 11 is 6.24. The Bertz CT molecular complexity index is 1450. The molecule has 0 aliphatic rings. The largest absolute Gasteiger partial charge is 0.497 e. The number of hydrogen-bond acceptors (Lipinski definition) is 6. The molecule has 0 radical (unpaired) electrons. The zero-order valence-electron chi connectivity index (χ0n) is 23.8. The highest BCUT2D eigenvalue weighted by Gasteiger charge is 2.34. The molecular formula is C30H36ClN3O6S. The molecular weight excluding hydrogens is 566 g/mol. The number of methoxy groups -OCH3 is 2. The zero-order chi connectivity index (χ0) is 30.2. The van der Waals surface area contributed by atoms with Crippen molar-refractivity contribution in [2.24, 2.45) is 0 Å². The third-order valence-electron chi connectivity index (χ3n) is 6.28. The minimum absolute atomic E-state index is 0.0275. The molecule has 9 nitrogen and oxygen atoms in total. The summed E-state index contributed by atoms with van der Waals surface area (Å²) in [6.07, 6.45) is 1.23. The second kappa shape index (κ2) is 14.2. The van der Waals surface area contributed by atoms with Gasteiger partial charge in [0.05, 0.1) is 26.2 Å². The Kier molecular flexibility index (Phi) is 11.0. The van der Waals surface area contributed by atoms with Gasteiger partial charge in [0.1, 0.15) is 24.1 Å². The number of benzene rings is 3. The van der Waals surface area contributed by atoms with Crippen LogP contribution in [0.5, 0.6) is 11.5 Å². The van der Waals surface area contributed by atoms with E-state index in [1.807, 2.05) is 44.2 Å². The van der Waals surface area contributed by atoms with Crippen molar-refractivity contribution in [2.45, 2.75) is 38.9 Å². The van der Waals surface area contributed by atoms with Gasteiger partial charge in [-0.1, -0.05) is 54.1 Å². The lowest BCUT2D eigenvalue weighted by atomic mass is 10.0. The second-order valence-corrected chi connectivity index (χ2v) is 12.2. The van der Waals surface area contributed by atoms with Gasteiger partial charge in [-0.2, -0.15) is 0 Å². The zero-order valence-corrected chi connectivity index (χ0v) is 25.4. The van der Waals surface area contributed by atoms with Crippen LogP contribution in [-0.4, -0.2) is 64.2 Å². The van der Waals surface area contributed by atoms with Crippen molar-refractivity contribution >= 4 is 39.1 Å². The SMILES string of the molecule is COc1ccc(N(CC(=O)N(Cc2cccc(Cl)c2)[C@@H](Cc2ccccc2)C(=O)NC(C)C)S(C)(=O)=O)c(OC)c1. The molecule has 0 saturated carbocycles. The number of nitrogens with one attached hydrogen (secondary N) is 1. The van der Waals surface area contributed by atoms with Crippen LogP contribution in [0.2, 0.25) is 5.02 Å². The standard InChI is InChI=1S/C30H36ClN3O6S/c1-21(2)32-30(36)27(17-22-10-7-6-8-11-22)33(19-23-12-9-13-24(31)16-23)29(35)20-34(41(5,37)38)26-15-14-25(39-3)18-28(26)40-4/h6-16,18,21,27H,17,19-20H2,1-5H3,(H,32,36)/t27-/m0/s1. The lowest BCUT2D eigenvalue weighted by molar-refractivity contribution is -0.140. The topological polar surface area (TPSA) is 105 Å². The van der Waals surface area contributed by atoms with Crippen molar-refractivity contribution in [3.05, 3.63) is 88.9 Å². The molecule has 0 saturated heterocycles. The van der Waals surface area contributed by atoms with E-state index >= 15 is 0 Å². The summed E-state index contributed by atoms with van der Waals surface area (Å²) in [5, 5.41) is 3.39. The Morgan fingerprint density at radius 1 is 0.927 bits per heavy atom. The van der Waals surface area contributed by atoms with Crippen LogP contribution >= 0.6 is 11.6 Å². The van der Waals surface area contributed by atoms with Gasteiger partial charge in [-0.15, -0.1) is 0 Å². The summed E-state index contributed by atoms with van der Waals surface area (Å²) in [6, 6.07) is 19.8. The van der Waals surface area contributed by atoms with Crippen LogP contribution in [0.3, 0.4) is 0 Å². The third kappa shape index (κ3) is 8.86. The first-order chi connectivity index (χ1) is 19.4. The van der Waals surface area contributed by atoms with Gasteiger partial charge in [-0.05, 0) is 49.2 Å². The summed E-state index contributed by atoms with van der Waals surface area (Å²) in [6.45, 7) is 3.13.